The summed E-state index contributed by atoms with van der Waals surface area (Å²) in [6.07, 6.45) is -7.63. The molecule has 1 saturated heterocycles. The summed E-state index contributed by atoms with van der Waals surface area (Å²) in [5, 5.41) is 29.6. The fourth-order valence-electron chi connectivity index (χ4n) is 12.0. The van der Waals surface area contributed by atoms with Crippen LogP contribution in [0.15, 0.2) is 161 Å². The number of aromatic nitrogens is 1. The molecule has 18 heteroatoms. The largest absolute Gasteiger partial charge is 0.508 e. The molecule has 1 aromatic heterocycles. The second kappa shape index (κ2) is 22.3. The Hall–Kier alpha value is -6.83. The van der Waals surface area contributed by atoms with E-state index < -0.39 is 113 Å². The van der Waals surface area contributed by atoms with Crippen LogP contribution in [0, 0.1) is 22.7 Å². The van der Waals surface area contributed by atoms with Crippen LogP contribution in [0.5, 0.6) is 0 Å². The van der Waals surface area contributed by atoms with Crippen LogP contribution in [0.4, 0.5) is 4.79 Å². The summed E-state index contributed by atoms with van der Waals surface area (Å²) < 4.78 is 37.2. The molecule has 4 aromatic carbocycles. The second-order valence-corrected chi connectivity index (χ2v) is 22.9. The lowest BCUT2D eigenvalue weighted by Gasteiger charge is -2.67. The summed E-state index contributed by atoms with van der Waals surface area (Å²) in [5.41, 5.74) is -5.36. The number of carbonyl (C=O) groups is 6. The van der Waals surface area contributed by atoms with Crippen molar-refractivity contribution in [3.05, 3.63) is 173 Å². The van der Waals surface area contributed by atoms with Crippen molar-refractivity contribution in [1.29, 1.82) is 0 Å². The first-order valence-corrected chi connectivity index (χ1v) is 27.5. The van der Waals surface area contributed by atoms with Gasteiger partial charge in [0.15, 0.2) is 11.7 Å². The van der Waals surface area contributed by atoms with Gasteiger partial charge < -0.3 is 44.0 Å². The molecule has 2 heterocycles. The molecule has 0 spiro atoms. The zero-order valence-corrected chi connectivity index (χ0v) is 44.9. The van der Waals surface area contributed by atoms with Gasteiger partial charge in [0.2, 0.25) is 0 Å². The van der Waals surface area contributed by atoms with Gasteiger partial charge in [0.25, 0.3) is 5.91 Å². The minimum atomic E-state index is -2.31. The molecule has 402 valence electrons. The lowest BCUT2D eigenvalue weighted by atomic mass is 9.43. The SMILES string of the molecule is CC(=O)O[C@@]12COC1C[C@H](OC(=O)OCc1ccc(SSc3ccccn3)cc1)[C@@]1(C)C(=O)[C@H](C)C3=C(C)C(OC(=O)[C@H](O)[C@@H](NC(=O)c4ccccc4)c4ccccc4)C[C@@](O)([C@@H](OC(=O)c4ccccc4)[C@@H]12)C3(C)C. The molecular formula is C59H60N2O14S2. The molecule has 3 fully saturated rings. The van der Waals surface area contributed by atoms with E-state index in [-0.39, 0.29) is 30.8 Å². The van der Waals surface area contributed by atoms with E-state index in [2.05, 4.69) is 10.3 Å². The molecule has 3 N–H and O–H groups in total. The highest BCUT2D eigenvalue weighted by Gasteiger charge is 2.78. The molecule has 77 heavy (non-hydrogen) atoms. The Balaban J connectivity index is 1.08. The van der Waals surface area contributed by atoms with Gasteiger partial charge >= 0.3 is 24.1 Å². The molecular weight excluding hydrogens is 1020 g/mol. The Kier molecular flexibility index (Phi) is 15.9. The van der Waals surface area contributed by atoms with Crippen molar-refractivity contribution < 1.29 is 67.4 Å². The second-order valence-electron chi connectivity index (χ2n) is 20.7. The minimum absolute atomic E-state index is 0.0874. The van der Waals surface area contributed by atoms with Crippen molar-refractivity contribution in [3.8, 4) is 0 Å². The molecule has 16 nitrogen and oxygen atoms in total. The Bertz CT molecular complexity index is 3040. The number of nitrogens with one attached hydrogen (secondary N) is 1. The zero-order valence-electron chi connectivity index (χ0n) is 43.3. The fourth-order valence-corrected chi connectivity index (χ4v) is 13.8. The van der Waals surface area contributed by atoms with E-state index >= 15 is 4.79 Å². The number of hydrogen-bond donors (Lipinski definition) is 3. The van der Waals surface area contributed by atoms with Gasteiger partial charge in [-0.15, -0.1) is 0 Å². The van der Waals surface area contributed by atoms with Crippen LogP contribution in [0.2, 0.25) is 0 Å². The van der Waals surface area contributed by atoms with Gasteiger partial charge in [0.1, 0.15) is 47.4 Å². The minimum Gasteiger partial charge on any atom is -0.456 e. The van der Waals surface area contributed by atoms with Gasteiger partial charge in [-0.1, -0.05) is 116 Å². The third-order valence-corrected chi connectivity index (χ3v) is 18.2. The van der Waals surface area contributed by atoms with Crippen LogP contribution < -0.4 is 5.32 Å². The van der Waals surface area contributed by atoms with E-state index in [9.17, 15) is 34.2 Å². The third-order valence-electron chi connectivity index (χ3n) is 15.9. The number of aliphatic hydroxyl groups is 2. The highest BCUT2D eigenvalue weighted by molar-refractivity contribution is 8.76. The van der Waals surface area contributed by atoms with Gasteiger partial charge in [0.05, 0.1) is 29.5 Å². The molecule has 1 amide bonds. The Morgan fingerprint density at radius 2 is 1.45 bits per heavy atom. The maximum atomic E-state index is 16.1. The van der Waals surface area contributed by atoms with E-state index in [1.807, 2.05) is 42.5 Å². The smallest absolute Gasteiger partial charge is 0.456 e. The van der Waals surface area contributed by atoms with Crippen LogP contribution in [0.1, 0.15) is 92.3 Å². The van der Waals surface area contributed by atoms with Crippen molar-refractivity contribution in [2.75, 3.05) is 6.61 Å². The number of aliphatic hydroxyl groups excluding tert-OH is 1. The highest BCUT2D eigenvalue weighted by Crippen LogP contribution is 2.65. The van der Waals surface area contributed by atoms with Crippen LogP contribution in [0.3, 0.4) is 0 Å². The molecule has 2 saturated carbocycles. The van der Waals surface area contributed by atoms with Crippen LogP contribution >= 0.6 is 21.6 Å². The summed E-state index contributed by atoms with van der Waals surface area (Å²) in [6.45, 7) is 8.98. The molecule has 5 aromatic rings. The summed E-state index contributed by atoms with van der Waals surface area (Å²) >= 11 is 0. The van der Waals surface area contributed by atoms with Crippen LogP contribution in [-0.2, 0) is 49.4 Å². The molecule has 3 aliphatic carbocycles. The predicted molar refractivity (Wildman–Crippen MR) is 283 cm³/mol. The summed E-state index contributed by atoms with van der Waals surface area (Å²) in [4.78, 5) is 91.5. The standard InChI is InChI=1S/C59H60N2O14S2/c1-34-42(72-54(67)48(63)47(38-18-10-7-11-19-38)61-52(65)39-20-12-8-13-21-39)31-59(69)51(74-53(66)40-22-14-9-15-23-40)49-57(6,50(64)35(2)46(34)56(59,4)5)43(30-44-58(49,33-71-44)75-36(3)62)73-55(68)70-32-37-25-27-41(28-26-37)76-77-45-24-16-17-29-60-45/h7-29,35,42-44,47-49,51,63,69H,30-33H2,1-6H3,(H,61,65)/t35-,42?,43+,44?,47+,48-,49+,51+,57-,58+,59-/m1/s1. The van der Waals surface area contributed by atoms with Crippen LogP contribution in [0.25, 0.3) is 0 Å². The number of fused-ring (bicyclic) bond motifs is 5. The Morgan fingerprint density at radius 1 is 0.818 bits per heavy atom. The van der Waals surface area contributed by atoms with Crippen molar-refractivity contribution in [2.45, 2.75) is 119 Å². The third kappa shape index (κ3) is 10.5. The monoisotopic (exact) mass is 1080 g/mol. The maximum absolute atomic E-state index is 16.1. The topological polar surface area (TPSA) is 223 Å². The number of carbonyl (C=O) groups excluding carboxylic acids is 6. The van der Waals surface area contributed by atoms with Gasteiger partial charge in [-0.3, -0.25) is 14.4 Å². The lowest BCUT2D eigenvalue weighted by Crippen LogP contribution is -2.81. The number of rotatable bonds is 15. The van der Waals surface area contributed by atoms with Crippen molar-refractivity contribution in [1.82, 2.24) is 10.3 Å². The van der Waals surface area contributed by atoms with E-state index in [4.69, 9.17) is 28.4 Å². The van der Waals surface area contributed by atoms with E-state index in [0.717, 1.165) is 9.92 Å². The zero-order chi connectivity index (χ0) is 54.9. The summed E-state index contributed by atoms with van der Waals surface area (Å²) in [5.74, 6) is -6.56. The molecule has 11 atom stereocenters. The maximum Gasteiger partial charge on any atom is 0.508 e. The molecule has 0 radical (unpaired) electrons. The number of esters is 3. The average Bonchev–Trinajstić information content (AvgIpc) is 3.43. The number of Topliss-reactive ketones (excluding diaryl/α,β-unsaturated/α-hetero) is 1. The predicted octanol–water partition coefficient (Wildman–Crippen LogP) is 9.00. The molecule has 2 unspecified atom stereocenters. The molecule has 9 rings (SSSR count). The number of ether oxygens (including phenoxy) is 6. The van der Waals surface area contributed by atoms with Crippen molar-refractivity contribution >= 4 is 57.3 Å². The summed E-state index contributed by atoms with van der Waals surface area (Å²) in [6, 6.07) is 36.4. The number of ketones is 1. The molecule has 1 aliphatic heterocycles. The first-order chi connectivity index (χ1) is 36.8. The number of pyridine rings is 1. The van der Waals surface area contributed by atoms with Crippen LogP contribution in [-0.4, -0.2) is 99.3 Å². The van der Waals surface area contributed by atoms with Gasteiger partial charge in [0, 0.05) is 47.8 Å². The fraction of sp³-hybridized carbons (Fsp3) is 0.373. The Labute approximate surface area is 454 Å². The van der Waals surface area contributed by atoms with Gasteiger partial charge in [-0.25, -0.2) is 19.4 Å². The quantitative estimate of drug-likeness (QED) is 0.0385. The summed E-state index contributed by atoms with van der Waals surface area (Å²) in [7, 11) is 3.01. The van der Waals surface area contributed by atoms with Gasteiger partial charge in [-0.05, 0) is 95.4 Å². The van der Waals surface area contributed by atoms with Crippen molar-refractivity contribution in [2.24, 2.45) is 22.7 Å². The normalized spacial score (nSPS) is 27.8. The first-order valence-electron chi connectivity index (χ1n) is 25.3. The number of amides is 1. The van der Waals surface area contributed by atoms with E-state index in [1.54, 1.807) is 120 Å². The van der Waals surface area contributed by atoms with E-state index in [1.165, 1.54) is 40.6 Å². The number of benzene rings is 4. The first kappa shape index (κ1) is 54.9. The van der Waals surface area contributed by atoms with Crippen molar-refractivity contribution in [3.63, 3.8) is 0 Å². The van der Waals surface area contributed by atoms with E-state index in [0.29, 0.717) is 22.3 Å². The number of hydrogen-bond acceptors (Lipinski definition) is 17. The Morgan fingerprint density at radius 3 is 2.06 bits per heavy atom. The lowest BCUT2D eigenvalue weighted by molar-refractivity contribution is -0.345. The van der Waals surface area contributed by atoms with Gasteiger partial charge in [-0.2, -0.15) is 0 Å². The number of nitrogens with zero attached hydrogens (tertiary/aromatic N) is 1. The molecule has 4 aliphatic rings. The highest BCUT2D eigenvalue weighted by atomic mass is 33.1. The molecule has 2 bridgehead atoms. The average molecular weight is 1090 g/mol.